The number of nitriles is 1. The SMILES string of the molecule is CNc1cc2nc(-c3ccc(C#N)cc3)oc2nc1Cc1ccccc1. The maximum absolute atomic E-state index is 8.92. The fourth-order valence-corrected chi connectivity index (χ4v) is 2.85. The summed E-state index contributed by atoms with van der Waals surface area (Å²) in [5.41, 5.74) is 5.65. The monoisotopic (exact) mass is 340 g/mol. The van der Waals surface area contributed by atoms with E-state index < -0.39 is 0 Å². The van der Waals surface area contributed by atoms with Crippen LogP contribution >= 0.6 is 0 Å². The molecule has 0 aliphatic rings. The average Bonchev–Trinajstić information content (AvgIpc) is 3.11. The van der Waals surface area contributed by atoms with Gasteiger partial charge in [0, 0.05) is 19.0 Å². The third-order valence-electron chi connectivity index (χ3n) is 4.21. The number of hydrogen-bond acceptors (Lipinski definition) is 5. The molecule has 5 heteroatoms. The van der Waals surface area contributed by atoms with Crippen molar-refractivity contribution in [1.29, 1.82) is 5.26 Å². The van der Waals surface area contributed by atoms with Gasteiger partial charge in [0.25, 0.3) is 0 Å². The average molecular weight is 340 g/mol. The zero-order valence-electron chi connectivity index (χ0n) is 14.2. The summed E-state index contributed by atoms with van der Waals surface area (Å²) in [6.45, 7) is 0. The summed E-state index contributed by atoms with van der Waals surface area (Å²) in [5.74, 6) is 0.496. The van der Waals surface area contributed by atoms with Crippen molar-refractivity contribution in [2.75, 3.05) is 12.4 Å². The minimum absolute atomic E-state index is 0.496. The van der Waals surface area contributed by atoms with Gasteiger partial charge in [-0.1, -0.05) is 30.3 Å². The molecule has 4 aromatic rings. The van der Waals surface area contributed by atoms with Gasteiger partial charge in [-0.05, 0) is 35.9 Å². The molecule has 0 fully saturated rings. The van der Waals surface area contributed by atoms with Gasteiger partial charge in [0.15, 0.2) is 0 Å². The first kappa shape index (κ1) is 15.9. The van der Waals surface area contributed by atoms with E-state index in [1.165, 1.54) is 5.56 Å². The summed E-state index contributed by atoms with van der Waals surface area (Å²) >= 11 is 0. The van der Waals surface area contributed by atoms with E-state index in [1.807, 2.05) is 43.4 Å². The lowest BCUT2D eigenvalue weighted by Gasteiger charge is -2.07. The smallest absolute Gasteiger partial charge is 0.247 e. The van der Waals surface area contributed by atoms with E-state index in [0.717, 1.165) is 16.9 Å². The predicted octanol–water partition coefficient (Wildman–Crippen LogP) is 4.39. The second kappa shape index (κ2) is 6.69. The fourth-order valence-electron chi connectivity index (χ4n) is 2.85. The van der Waals surface area contributed by atoms with Crippen LogP contribution in [0.3, 0.4) is 0 Å². The third kappa shape index (κ3) is 3.01. The second-order valence-corrected chi connectivity index (χ2v) is 5.93. The predicted molar refractivity (Wildman–Crippen MR) is 101 cm³/mol. The fraction of sp³-hybridized carbons (Fsp3) is 0.0952. The van der Waals surface area contributed by atoms with Crippen LogP contribution in [0.2, 0.25) is 0 Å². The molecule has 5 nitrogen and oxygen atoms in total. The quantitative estimate of drug-likeness (QED) is 0.596. The largest absolute Gasteiger partial charge is 0.418 e. The van der Waals surface area contributed by atoms with E-state index in [9.17, 15) is 0 Å². The Kier molecular flexibility index (Phi) is 4.08. The molecule has 0 bridgehead atoms. The van der Waals surface area contributed by atoms with Crippen LogP contribution in [0.1, 0.15) is 16.8 Å². The number of benzene rings is 2. The lowest BCUT2D eigenvalue weighted by Crippen LogP contribution is -2.00. The van der Waals surface area contributed by atoms with Gasteiger partial charge in [-0.3, -0.25) is 0 Å². The number of anilines is 1. The van der Waals surface area contributed by atoms with Crippen molar-refractivity contribution in [2.24, 2.45) is 0 Å². The molecule has 0 aliphatic carbocycles. The zero-order valence-corrected chi connectivity index (χ0v) is 14.2. The molecular formula is C21H16N4O. The Morgan fingerprint density at radius 2 is 1.81 bits per heavy atom. The van der Waals surface area contributed by atoms with Crippen LogP contribution in [0, 0.1) is 11.3 Å². The summed E-state index contributed by atoms with van der Waals surface area (Å²) in [6, 6.07) is 21.4. The maximum atomic E-state index is 8.92. The van der Waals surface area contributed by atoms with Crippen LogP contribution in [0.25, 0.3) is 22.7 Å². The highest BCUT2D eigenvalue weighted by atomic mass is 16.4. The minimum atomic E-state index is 0.496. The van der Waals surface area contributed by atoms with Gasteiger partial charge < -0.3 is 9.73 Å². The molecule has 4 rings (SSSR count). The standard InChI is InChI=1S/C21H16N4O/c1-23-17-12-19-21(24-18(17)11-14-5-3-2-4-6-14)26-20(25-19)16-9-7-15(13-22)8-10-16/h2-10,12,23H,11H2,1H3. The number of nitrogens with zero attached hydrogens (tertiary/aromatic N) is 3. The third-order valence-corrected chi connectivity index (χ3v) is 4.21. The van der Waals surface area contributed by atoms with Crippen molar-refractivity contribution < 1.29 is 4.42 Å². The topological polar surface area (TPSA) is 74.7 Å². The highest BCUT2D eigenvalue weighted by Gasteiger charge is 2.14. The molecule has 0 saturated carbocycles. The van der Waals surface area contributed by atoms with Crippen LogP contribution in [-0.4, -0.2) is 17.0 Å². The number of pyridine rings is 1. The number of hydrogen-bond donors (Lipinski definition) is 1. The van der Waals surface area contributed by atoms with Gasteiger partial charge in [-0.25, -0.2) is 9.97 Å². The number of nitrogens with one attached hydrogen (secondary N) is 1. The van der Waals surface area contributed by atoms with Crippen molar-refractivity contribution in [3.63, 3.8) is 0 Å². The molecule has 126 valence electrons. The Hall–Kier alpha value is -3.65. The van der Waals surface area contributed by atoms with Gasteiger partial charge in [0.2, 0.25) is 11.6 Å². The second-order valence-electron chi connectivity index (χ2n) is 5.93. The molecule has 0 spiro atoms. The van der Waals surface area contributed by atoms with E-state index in [0.29, 0.717) is 29.1 Å². The van der Waals surface area contributed by atoms with Crippen LogP contribution in [0.5, 0.6) is 0 Å². The van der Waals surface area contributed by atoms with Gasteiger partial charge in [-0.15, -0.1) is 0 Å². The molecule has 26 heavy (non-hydrogen) atoms. The molecule has 2 heterocycles. The van der Waals surface area contributed by atoms with Crippen molar-refractivity contribution in [3.05, 3.63) is 77.5 Å². The van der Waals surface area contributed by atoms with Crippen molar-refractivity contribution in [1.82, 2.24) is 9.97 Å². The molecular weight excluding hydrogens is 324 g/mol. The molecule has 0 saturated heterocycles. The Balaban J connectivity index is 1.74. The van der Waals surface area contributed by atoms with E-state index in [-0.39, 0.29) is 0 Å². The normalized spacial score (nSPS) is 10.6. The molecule has 2 aromatic carbocycles. The first-order valence-electron chi connectivity index (χ1n) is 8.29. The van der Waals surface area contributed by atoms with Gasteiger partial charge >= 0.3 is 0 Å². The van der Waals surface area contributed by atoms with Crippen LogP contribution in [-0.2, 0) is 6.42 Å². The van der Waals surface area contributed by atoms with Crippen molar-refractivity contribution >= 4 is 16.9 Å². The Morgan fingerprint density at radius 3 is 2.50 bits per heavy atom. The molecule has 0 radical (unpaired) electrons. The molecule has 2 aromatic heterocycles. The Bertz CT molecular complexity index is 1090. The molecule has 1 N–H and O–H groups in total. The lowest BCUT2D eigenvalue weighted by molar-refractivity contribution is 0.606. The highest BCUT2D eigenvalue weighted by Crippen LogP contribution is 2.27. The van der Waals surface area contributed by atoms with E-state index in [4.69, 9.17) is 9.68 Å². The summed E-state index contributed by atoms with van der Waals surface area (Å²) in [5, 5.41) is 12.1. The molecule has 0 unspecified atom stereocenters. The van der Waals surface area contributed by atoms with Gasteiger partial charge in [0.1, 0.15) is 5.52 Å². The zero-order chi connectivity index (χ0) is 17.9. The van der Waals surface area contributed by atoms with Crippen molar-refractivity contribution in [2.45, 2.75) is 6.42 Å². The summed E-state index contributed by atoms with van der Waals surface area (Å²) in [4.78, 5) is 9.22. The van der Waals surface area contributed by atoms with Crippen LogP contribution < -0.4 is 5.32 Å². The molecule has 0 aliphatic heterocycles. The summed E-state index contributed by atoms with van der Waals surface area (Å²) < 4.78 is 5.87. The van der Waals surface area contributed by atoms with Gasteiger partial charge in [-0.2, -0.15) is 5.26 Å². The lowest BCUT2D eigenvalue weighted by atomic mass is 10.1. The number of fused-ring (bicyclic) bond motifs is 1. The minimum Gasteiger partial charge on any atom is -0.418 e. The number of rotatable bonds is 4. The van der Waals surface area contributed by atoms with Crippen LogP contribution in [0.15, 0.2) is 65.1 Å². The molecule has 0 atom stereocenters. The first-order valence-corrected chi connectivity index (χ1v) is 8.29. The van der Waals surface area contributed by atoms with Crippen molar-refractivity contribution in [3.8, 4) is 17.5 Å². The summed E-state index contributed by atoms with van der Waals surface area (Å²) in [6.07, 6.45) is 0.708. The Labute approximate surface area is 150 Å². The molecule has 0 amide bonds. The van der Waals surface area contributed by atoms with Gasteiger partial charge in [0.05, 0.1) is 23.0 Å². The number of oxazole rings is 1. The highest BCUT2D eigenvalue weighted by molar-refractivity contribution is 5.77. The van der Waals surface area contributed by atoms with E-state index >= 15 is 0 Å². The van der Waals surface area contributed by atoms with E-state index in [1.54, 1.807) is 12.1 Å². The van der Waals surface area contributed by atoms with Crippen LogP contribution in [0.4, 0.5) is 5.69 Å². The number of aromatic nitrogens is 2. The maximum Gasteiger partial charge on any atom is 0.247 e. The summed E-state index contributed by atoms with van der Waals surface area (Å²) in [7, 11) is 1.87. The van der Waals surface area contributed by atoms with E-state index in [2.05, 4.69) is 33.5 Å². The first-order chi connectivity index (χ1) is 12.8. The Morgan fingerprint density at radius 1 is 1.04 bits per heavy atom.